The second-order valence-corrected chi connectivity index (χ2v) is 6.03. The van der Waals surface area contributed by atoms with Crippen molar-refractivity contribution in [2.24, 2.45) is 0 Å². The number of alkyl halides is 3. The quantitative estimate of drug-likeness (QED) is 0.609. The minimum absolute atomic E-state index is 0.0513. The maximum Gasteiger partial charge on any atom is 0.573 e. The Bertz CT molecular complexity index is 793. The fourth-order valence-corrected chi connectivity index (χ4v) is 2.81. The van der Waals surface area contributed by atoms with Crippen LogP contribution in [0.4, 0.5) is 13.2 Å². The fourth-order valence-electron chi connectivity index (χ4n) is 2.16. The van der Waals surface area contributed by atoms with Gasteiger partial charge in [-0.05, 0) is 32.0 Å². The number of carbonyl (C=O) groups is 1. The molecular formula is C15H13BrClF3N2O3. The minimum Gasteiger partial charge on any atom is -0.461 e. The number of aryl methyl sites for hydroxylation is 1. The summed E-state index contributed by atoms with van der Waals surface area (Å²) in [6, 6.07) is 4.09. The van der Waals surface area contributed by atoms with Crippen LogP contribution in [0.1, 0.15) is 24.3 Å². The number of ether oxygens (including phenoxy) is 2. The molecule has 0 radical (unpaired) electrons. The summed E-state index contributed by atoms with van der Waals surface area (Å²) in [4.78, 5) is 11.9. The summed E-state index contributed by atoms with van der Waals surface area (Å²) in [5.41, 5.74) is 0.0237. The summed E-state index contributed by atoms with van der Waals surface area (Å²) in [7, 11) is 0. The molecule has 0 aliphatic rings. The predicted octanol–water partition coefficient (Wildman–Crippen LogP) is 5.06. The first-order valence-corrected chi connectivity index (χ1v) is 8.34. The molecule has 25 heavy (non-hydrogen) atoms. The van der Waals surface area contributed by atoms with E-state index in [2.05, 4.69) is 25.8 Å². The first-order chi connectivity index (χ1) is 11.7. The van der Waals surface area contributed by atoms with Crippen LogP contribution in [0.25, 0.3) is 11.3 Å². The van der Waals surface area contributed by atoms with Gasteiger partial charge in [-0.15, -0.1) is 13.2 Å². The zero-order valence-electron chi connectivity index (χ0n) is 13.2. The molecule has 0 N–H and O–H groups in total. The Balaban J connectivity index is 2.64. The second kappa shape index (κ2) is 7.65. The molecule has 1 aromatic heterocycles. The molecule has 2 rings (SSSR count). The third kappa shape index (κ3) is 4.46. The molecule has 0 bridgehead atoms. The zero-order valence-corrected chi connectivity index (χ0v) is 15.5. The molecule has 136 valence electrons. The van der Waals surface area contributed by atoms with Gasteiger partial charge in [-0.1, -0.05) is 27.5 Å². The summed E-state index contributed by atoms with van der Waals surface area (Å²) >= 11 is 9.33. The largest absolute Gasteiger partial charge is 0.573 e. The maximum absolute atomic E-state index is 12.7. The van der Waals surface area contributed by atoms with Gasteiger partial charge >= 0.3 is 12.3 Å². The van der Waals surface area contributed by atoms with Crippen molar-refractivity contribution < 1.29 is 27.4 Å². The Kier molecular flexibility index (Phi) is 5.99. The fraction of sp³-hybridized carbons (Fsp3) is 0.333. The molecule has 0 fully saturated rings. The highest BCUT2D eigenvalue weighted by Gasteiger charge is 2.34. The number of nitrogens with zero attached hydrogens (tertiary/aromatic N) is 2. The van der Waals surface area contributed by atoms with Crippen LogP contribution in [0.2, 0.25) is 5.02 Å². The van der Waals surface area contributed by atoms with E-state index in [4.69, 9.17) is 16.3 Å². The van der Waals surface area contributed by atoms with Gasteiger partial charge in [0.25, 0.3) is 0 Å². The number of benzene rings is 1. The molecule has 0 aliphatic carbocycles. The van der Waals surface area contributed by atoms with Crippen molar-refractivity contribution in [2.45, 2.75) is 26.8 Å². The predicted molar refractivity (Wildman–Crippen MR) is 88.7 cm³/mol. The van der Waals surface area contributed by atoms with E-state index in [0.29, 0.717) is 4.47 Å². The number of halogens is 5. The molecule has 2 aromatic rings. The lowest BCUT2D eigenvalue weighted by atomic mass is 10.1. The van der Waals surface area contributed by atoms with Crippen molar-refractivity contribution in [3.05, 3.63) is 33.4 Å². The van der Waals surface area contributed by atoms with Gasteiger partial charge in [-0.3, -0.25) is 4.68 Å². The van der Waals surface area contributed by atoms with E-state index in [1.165, 1.54) is 16.8 Å². The van der Waals surface area contributed by atoms with E-state index in [1.54, 1.807) is 13.8 Å². The van der Waals surface area contributed by atoms with E-state index in [0.717, 1.165) is 6.07 Å². The summed E-state index contributed by atoms with van der Waals surface area (Å²) in [6.45, 7) is 3.72. The highest BCUT2D eigenvalue weighted by molar-refractivity contribution is 9.10. The van der Waals surface area contributed by atoms with E-state index in [1.807, 2.05) is 0 Å². The number of hydrogen-bond acceptors (Lipinski definition) is 4. The molecule has 1 heterocycles. The Morgan fingerprint density at radius 2 is 2.04 bits per heavy atom. The Morgan fingerprint density at radius 1 is 1.36 bits per heavy atom. The minimum atomic E-state index is -4.89. The molecular weight excluding hydrogens is 429 g/mol. The van der Waals surface area contributed by atoms with Crippen LogP contribution in [0.15, 0.2) is 22.7 Å². The van der Waals surface area contributed by atoms with E-state index >= 15 is 0 Å². The smallest absolute Gasteiger partial charge is 0.461 e. The van der Waals surface area contributed by atoms with Crippen LogP contribution >= 0.6 is 27.5 Å². The maximum atomic E-state index is 12.7. The second-order valence-electron chi connectivity index (χ2n) is 4.74. The highest BCUT2D eigenvalue weighted by Crippen LogP contribution is 2.40. The first-order valence-electron chi connectivity index (χ1n) is 7.17. The standard InChI is InChI=1S/C15H13BrClF3N2O3/c1-3-22-13(11(17)12(21-22)14(23)24-4-2)9-6-5-8(16)7-10(9)25-15(18,19)20/h5-7H,3-4H2,1-2H3. The Labute approximate surface area is 154 Å². The van der Waals surface area contributed by atoms with Crippen molar-refractivity contribution in [1.29, 1.82) is 0 Å². The number of carbonyl (C=O) groups excluding carboxylic acids is 1. The lowest BCUT2D eigenvalue weighted by molar-refractivity contribution is -0.274. The van der Waals surface area contributed by atoms with Gasteiger partial charge in [-0.25, -0.2) is 4.79 Å². The van der Waals surface area contributed by atoms with Crippen LogP contribution in [0.5, 0.6) is 5.75 Å². The normalized spacial score (nSPS) is 11.5. The zero-order chi connectivity index (χ0) is 18.8. The average molecular weight is 442 g/mol. The van der Waals surface area contributed by atoms with Crippen molar-refractivity contribution >= 4 is 33.5 Å². The monoisotopic (exact) mass is 440 g/mol. The topological polar surface area (TPSA) is 53.3 Å². The van der Waals surface area contributed by atoms with Crippen LogP contribution in [0.3, 0.4) is 0 Å². The molecule has 1 aromatic carbocycles. The molecule has 0 saturated heterocycles. The van der Waals surface area contributed by atoms with E-state index in [9.17, 15) is 18.0 Å². The third-order valence-electron chi connectivity index (χ3n) is 3.09. The van der Waals surface area contributed by atoms with Crippen LogP contribution in [-0.2, 0) is 11.3 Å². The highest BCUT2D eigenvalue weighted by atomic mass is 79.9. The van der Waals surface area contributed by atoms with Gasteiger partial charge in [0.05, 0.1) is 12.3 Å². The van der Waals surface area contributed by atoms with Gasteiger partial charge in [0.2, 0.25) is 0 Å². The van der Waals surface area contributed by atoms with Crippen LogP contribution < -0.4 is 4.74 Å². The summed E-state index contributed by atoms with van der Waals surface area (Å²) in [5, 5.41) is 3.94. The third-order valence-corrected chi connectivity index (χ3v) is 3.94. The lowest BCUT2D eigenvalue weighted by Crippen LogP contribution is -2.18. The van der Waals surface area contributed by atoms with Crippen molar-refractivity contribution in [1.82, 2.24) is 9.78 Å². The molecule has 0 unspecified atom stereocenters. The van der Waals surface area contributed by atoms with Gasteiger partial charge in [0.15, 0.2) is 5.69 Å². The molecule has 5 nitrogen and oxygen atoms in total. The molecule has 0 atom stereocenters. The van der Waals surface area contributed by atoms with Crippen molar-refractivity contribution in [3.8, 4) is 17.0 Å². The van der Waals surface area contributed by atoms with Gasteiger partial charge in [0, 0.05) is 16.6 Å². The first kappa shape index (κ1) is 19.6. The molecule has 0 aliphatic heterocycles. The van der Waals surface area contributed by atoms with Gasteiger partial charge in [0.1, 0.15) is 10.8 Å². The SMILES string of the molecule is CCOC(=O)c1nn(CC)c(-c2ccc(Br)cc2OC(F)(F)F)c1Cl. The summed E-state index contributed by atoms with van der Waals surface area (Å²) in [5.74, 6) is -1.22. The Hall–Kier alpha value is -1.74. The van der Waals surface area contributed by atoms with E-state index in [-0.39, 0.29) is 35.1 Å². The van der Waals surface area contributed by atoms with Crippen molar-refractivity contribution in [3.63, 3.8) is 0 Å². The van der Waals surface area contributed by atoms with Crippen molar-refractivity contribution in [2.75, 3.05) is 6.61 Å². The number of hydrogen-bond donors (Lipinski definition) is 0. The summed E-state index contributed by atoms with van der Waals surface area (Å²) < 4.78 is 48.8. The average Bonchev–Trinajstić information content (AvgIpc) is 2.83. The molecule has 0 amide bonds. The number of rotatable bonds is 5. The molecule has 0 saturated carbocycles. The molecule has 0 spiro atoms. The van der Waals surface area contributed by atoms with Crippen LogP contribution in [-0.4, -0.2) is 28.7 Å². The lowest BCUT2D eigenvalue weighted by Gasteiger charge is -2.14. The Morgan fingerprint density at radius 3 is 2.60 bits per heavy atom. The van der Waals surface area contributed by atoms with E-state index < -0.39 is 18.1 Å². The molecule has 10 heteroatoms. The summed E-state index contributed by atoms with van der Waals surface area (Å²) in [6.07, 6.45) is -4.89. The van der Waals surface area contributed by atoms with Gasteiger partial charge < -0.3 is 9.47 Å². The van der Waals surface area contributed by atoms with Crippen LogP contribution in [0, 0.1) is 0 Å². The number of esters is 1. The van der Waals surface area contributed by atoms with Gasteiger partial charge in [-0.2, -0.15) is 5.10 Å². The number of aromatic nitrogens is 2.